The Kier molecular flexibility index (Phi) is 2.99. The number of carboxylic acid groups (broad SMARTS) is 1. The van der Waals surface area contributed by atoms with Gasteiger partial charge in [0.15, 0.2) is 0 Å². The van der Waals surface area contributed by atoms with E-state index in [1.54, 1.807) is 19.2 Å². The molecule has 5 nitrogen and oxygen atoms in total. The molecule has 1 unspecified atom stereocenters. The summed E-state index contributed by atoms with van der Waals surface area (Å²) >= 11 is 0. The summed E-state index contributed by atoms with van der Waals surface area (Å²) in [4.78, 5) is 23.3. The molecular weight excluding hydrogens is 222 g/mol. The van der Waals surface area contributed by atoms with Crippen molar-refractivity contribution in [2.24, 2.45) is 0 Å². The summed E-state index contributed by atoms with van der Waals surface area (Å²) in [5.41, 5.74) is 0.937. The lowest BCUT2D eigenvalue weighted by molar-refractivity contribution is -0.155. The third-order valence-corrected chi connectivity index (χ3v) is 2.87. The number of carboxylic acids is 1. The Labute approximate surface area is 98.6 Å². The van der Waals surface area contributed by atoms with Crippen molar-refractivity contribution in [1.29, 1.82) is 0 Å². The van der Waals surface area contributed by atoms with Crippen LogP contribution < -0.4 is 4.74 Å². The molecule has 1 aliphatic heterocycles. The Morgan fingerprint density at radius 2 is 2.12 bits per heavy atom. The molecule has 5 heteroatoms. The summed E-state index contributed by atoms with van der Waals surface area (Å²) in [6.07, 6.45) is 0.375. The molecule has 1 N–H and O–H groups in total. The van der Waals surface area contributed by atoms with E-state index in [1.165, 1.54) is 4.90 Å². The van der Waals surface area contributed by atoms with Gasteiger partial charge in [0.25, 0.3) is 0 Å². The van der Waals surface area contributed by atoms with Crippen LogP contribution in [-0.4, -0.2) is 35.5 Å². The van der Waals surface area contributed by atoms with Crippen LogP contribution in [0.25, 0.3) is 0 Å². The van der Waals surface area contributed by atoms with E-state index in [1.807, 2.05) is 12.1 Å². The second-order valence-electron chi connectivity index (χ2n) is 3.91. The third-order valence-electron chi connectivity index (χ3n) is 2.87. The smallest absolute Gasteiger partial charge is 0.323 e. The molecule has 0 saturated carbocycles. The monoisotopic (exact) mass is 235 g/mol. The summed E-state index contributed by atoms with van der Waals surface area (Å²) in [6.45, 7) is -0.241. The lowest BCUT2D eigenvalue weighted by Crippen LogP contribution is -2.48. The van der Waals surface area contributed by atoms with Crippen molar-refractivity contribution in [2.45, 2.75) is 12.5 Å². The van der Waals surface area contributed by atoms with E-state index in [0.29, 0.717) is 6.42 Å². The molecule has 1 fully saturated rings. The van der Waals surface area contributed by atoms with Gasteiger partial charge in [-0.05, 0) is 17.7 Å². The second-order valence-corrected chi connectivity index (χ2v) is 3.91. The third kappa shape index (κ3) is 2.22. The minimum atomic E-state index is -0.989. The Morgan fingerprint density at radius 3 is 2.59 bits per heavy atom. The van der Waals surface area contributed by atoms with Crippen LogP contribution in [-0.2, 0) is 9.59 Å². The number of carbonyl (C=O) groups excluding carboxylic acids is 1. The molecule has 1 aromatic rings. The van der Waals surface area contributed by atoms with Gasteiger partial charge in [-0.15, -0.1) is 0 Å². The molecule has 1 aromatic carbocycles. The number of hydrogen-bond acceptors (Lipinski definition) is 3. The van der Waals surface area contributed by atoms with Crippen LogP contribution in [0.15, 0.2) is 24.3 Å². The minimum Gasteiger partial charge on any atom is -0.497 e. The molecule has 2 rings (SSSR count). The van der Waals surface area contributed by atoms with Gasteiger partial charge in [0, 0.05) is 0 Å². The van der Waals surface area contributed by atoms with E-state index in [0.717, 1.165) is 11.3 Å². The summed E-state index contributed by atoms with van der Waals surface area (Å²) in [6, 6.07) is 7.19. The van der Waals surface area contributed by atoms with Gasteiger partial charge in [-0.25, -0.2) is 0 Å². The van der Waals surface area contributed by atoms with E-state index in [-0.39, 0.29) is 18.5 Å². The maximum Gasteiger partial charge on any atom is 0.323 e. The first-order valence-electron chi connectivity index (χ1n) is 5.27. The van der Waals surface area contributed by atoms with Crippen LogP contribution in [0.2, 0.25) is 0 Å². The van der Waals surface area contributed by atoms with Crippen molar-refractivity contribution in [3.63, 3.8) is 0 Å². The number of likely N-dealkylation sites (tertiary alicyclic amines) is 1. The quantitative estimate of drug-likeness (QED) is 0.792. The van der Waals surface area contributed by atoms with Crippen molar-refractivity contribution >= 4 is 11.9 Å². The molecule has 90 valence electrons. The normalized spacial score (nSPS) is 18.8. The van der Waals surface area contributed by atoms with Crippen LogP contribution in [0.1, 0.15) is 18.0 Å². The Morgan fingerprint density at radius 1 is 1.47 bits per heavy atom. The average molecular weight is 235 g/mol. The number of ether oxygens (including phenoxy) is 1. The highest BCUT2D eigenvalue weighted by atomic mass is 16.5. The van der Waals surface area contributed by atoms with Gasteiger partial charge in [0.05, 0.1) is 19.6 Å². The number of hydrogen-bond donors (Lipinski definition) is 1. The van der Waals surface area contributed by atoms with Crippen LogP contribution in [0.5, 0.6) is 5.75 Å². The fourth-order valence-electron chi connectivity index (χ4n) is 1.92. The molecule has 17 heavy (non-hydrogen) atoms. The van der Waals surface area contributed by atoms with E-state index < -0.39 is 5.97 Å². The van der Waals surface area contributed by atoms with Crippen molar-refractivity contribution in [2.75, 3.05) is 13.7 Å². The molecule has 1 aliphatic rings. The lowest BCUT2D eigenvalue weighted by atomic mass is 9.94. The topological polar surface area (TPSA) is 66.8 Å². The molecule has 0 radical (unpaired) electrons. The highest BCUT2D eigenvalue weighted by Gasteiger charge is 2.38. The first-order chi connectivity index (χ1) is 8.11. The van der Waals surface area contributed by atoms with Gasteiger partial charge in [0.1, 0.15) is 12.3 Å². The zero-order valence-electron chi connectivity index (χ0n) is 9.42. The summed E-state index contributed by atoms with van der Waals surface area (Å²) in [5.74, 6) is -0.367. The first-order valence-corrected chi connectivity index (χ1v) is 5.27. The molecule has 1 amide bonds. The highest BCUT2D eigenvalue weighted by Crippen LogP contribution is 2.34. The number of amides is 1. The Bertz CT molecular complexity index is 440. The number of β-lactam (4-membered cyclic amide) rings is 1. The predicted octanol–water partition coefficient (Wildman–Crippen LogP) is 1.05. The first kappa shape index (κ1) is 11.4. The molecular formula is C12H13NO4. The highest BCUT2D eigenvalue weighted by molar-refractivity contribution is 5.87. The largest absolute Gasteiger partial charge is 0.497 e. The number of carbonyl (C=O) groups is 2. The minimum absolute atomic E-state index is 0.117. The van der Waals surface area contributed by atoms with Crippen molar-refractivity contribution < 1.29 is 19.4 Å². The second kappa shape index (κ2) is 4.45. The van der Waals surface area contributed by atoms with Crippen LogP contribution in [0.3, 0.4) is 0 Å². The lowest BCUT2D eigenvalue weighted by Gasteiger charge is -2.39. The fourth-order valence-corrected chi connectivity index (χ4v) is 1.92. The fraction of sp³-hybridized carbons (Fsp3) is 0.333. The molecule has 0 aliphatic carbocycles. The molecule has 0 aromatic heterocycles. The average Bonchev–Trinajstić information content (AvgIpc) is 2.33. The van der Waals surface area contributed by atoms with Gasteiger partial charge in [0.2, 0.25) is 5.91 Å². The van der Waals surface area contributed by atoms with E-state index in [2.05, 4.69) is 0 Å². The standard InChI is InChI=1S/C12H13NO4/c1-17-9-4-2-8(3-5-9)10-6-11(14)13(10)7-12(15)16/h2-5,10H,6-7H2,1H3,(H,15,16). The van der Waals surface area contributed by atoms with Gasteiger partial charge in [-0.3, -0.25) is 9.59 Å². The zero-order chi connectivity index (χ0) is 12.4. The van der Waals surface area contributed by atoms with E-state index >= 15 is 0 Å². The van der Waals surface area contributed by atoms with Gasteiger partial charge in [-0.2, -0.15) is 0 Å². The number of methoxy groups -OCH3 is 1. The summed E-state index contributed by atoms with van der Waals surface area (Å²) in [5, 5.41) is 8.70. The van der Waals surface area contributed by atoms with Crippen LogP contribution in [0.4, 0.5) is 0 Å². The number of benzene rings is 1. The molecule has 1 heterocycles. The Balaban J connectivity index is 2.11. The number of nitrogens with zero attached hydrogens (tertiary/aromatic N) is 1. The van der Waals surface area contributed by atoms with Crippen LogP contribution in [0, 0.1) is 0 Å². The van der Waals surface area contributed by atoms with Gasteiger partial charge < -0.3 is 14.7 Å². The predicted molar refractivity (Wildman–Crippen MR) is 59.7 cm³/mol. The number of aliphatic carboxylic acids is 1. The SMILES string of the molecule is COc1ccc(C2CC(=O)N2CC(=O)O)cc1. The van der Waals surface area contributed by atoms with E-state index in [9.17, 15) is 9.59 Å². The Hall–Kier alpha value is -2.04. The molecule has 0 bridgehead atoms. The molecule has 1 saturated heterocycles. The van der Waals surface area contributed by atoms with Gasteiger partial charge in [-0.1, -0.05) is 12.1 Å². The molecule has 0 spiro atoms. The van der Waals surface area contributed by atoms with Crippen molar-refractivity contribution in [3.8, 4) is 5.75 Å². The summed E-state index contributed by atoms with van der Waals surface area (Å²) in [7, 11) is 1.58. The zero-order valence-corrected chi connectivity index (χ0v) is 9.42. The van der Waals surface area contributed by atoms with Crippen molar-refractivity contribution in [3.05, 3.63) is 29.8 Å². The maximum atomic E-state index is 11.3. The maximum absolute atomic E-state index is 11.3. The van der Waals surface area contributed by atoms with Crippen LogP contribution >= 0.6 is 0 Å². The van der Waals surface area contributed by atoms with E-state index in [4.69, 9.17) is 9.84 Å². The number of rotatable bonds is 4. The van der Waals surface area contributed by atoms with Crippen molar-refractivity contribution in [1.82, 2.24) is 4.90 Å². The molecule has 1 atom stereocenters. The van der Waals surface area contributed by atoms with Gasteiger partial charge >= 0.3 is 5.97 Å². The summed E-state index contributed by atoms with van der Waals surface area (Å²) < 4.78 is 5.04.